The van der Waals surface area contributed by atoms with Crippen molar-refractivity contribution in [1.82, 2.24) is 4.90 Å². The van der Waals surface area contributed by atoms with Crippen LogP contribution in [0.15, 0.2) is 0 Å². The Morgan fingerprint density at radius 1 is 1.60 bits per heavy atom. The molecule has 1 amide bonds. The second kappa shape index (κ2) is 6.08. The van der Waals surface area contributed by atoms with Crippen molar-refractivity contribution in [2.75, 3.05) is 19.6 Å². The molecule has 1 saturated heterocycles. The topological polar surface area (TPSA) is 66.6 Å². The Morgan fingerprint density at radius 3 is 2.93 bits per heavy atom. The maximum atomic E-state index is 11.6. The third-order valence-corrected chi connectivity index (χ3v) is 3.06. The average Bonchev–Trinajstić information content (AvgIpc) is 2.22. The maximum absolute atomic E-state index is 11.6. The van der Waals surface area contributed by atoms with E-state index >= 15 is 0 Å². The second-order valence-corrected chi connectivity index (χ2v) is 4.28. The van der Waals surface area contributed by atoms with E-state index in [1.54, 1.807) is 0 Å². The molecule has 88 valence electrons. The van der Waals surface area contributed by atoms with Crippen molar-refractivity contribution in [3.8, 4) is 0 Å². The largest absolute Gasteiger partial charge is 0.393 e. The Labute approximate surface area is 91.4 Å². The fourth-order valence-corrected chi connectivity index (χ4v) is 2.18. The molecule has 2 unspecified atom stereocenters. The first-order chi connectivity index (χ1) is 7.19. The van der Waals surface area contributed by atoms with Crippen molar-refractivity contribution in [1.29, 1.82) is 0 Å². The van der Waals surface area contributed by atoms with Crippen LogP contribution in [0.3, 0.4) is 0 Å². The zero-order chi connectivity index (χ0) is 11.3. The van der Waals surface area contributed by atoms with Gasteiger partial charge in [0.05, 0.1) is 6.10 Å². The quantitative estimate of drug-likeness (QED) is 0.709. The van der Waals surface area contributed by atoms with E-state index < -0.39 is 0 Å². The molecule has 0 bridgehead atoms. The summed E-state index contributed by atoms with van der Waals surface area (Å²) >= 11 is 0. The first-order valence-electron chi connectivity index (χ1n) is 5.85. The second-order valence-electron chi connectivity index (χ2n) is 4.28. The van der Waals surface area contributed by atoms with Gasteiger partial charge in [0.1, 0.15) is 0 Å². The molecular weight excluding hydrogens is 192 g/mol. The van der Waals surface area contributed by atoms with Gasteiger partial charge in [-0.15, -0.1) is 0 Å². The van der Waals surface area contributed by atoms with E-state index in [2.05, 4.69) is 6.92 Å². The van der Waals surface area contributed by atoms with Crippen LogP contribution in [-0.2, 0) is 4.79 Å². The Kier molecular flexibility index (Phi) is 5.05. The van der Waals surface area contributed by atoms with Crippen LogP contribution in [0.1, 0.15) is 32.6 Å². The van der Waals surface area contributed by atoms with E-state index in [1.807, 2.05) is 4.90 Å². The molecule has 4 heteroatoms. The molecular formula is C11H22N2O2. The fourth-order valence-electron chi connectivity index (χ4n) is 2.18. The highest BCUT2D eigenvalue weighted by Gasteiger charge is 2.28. The minimum Gasteiger partial charge on any atom is -0.393 e. The lowest BCUT2D eigenvalue weighted by Crippen LogP contribution is -2.46. The minimum atomic E-state index is -0.230. The Bertz CT molecular complexity index is 209. The number of amides is 1. The summed E-state index contributed by atoms with van der Waals surface area (Å²) in [6.45, 7) is 3.90. The third-order valence-electron chi connectivity index (χ3n) is 3.06. The van der Waals surface area contributed by atoms with E-state index in [0.717, 1.165) is 12.8 Å². The van der Waals surface area contributed by atoms with Gasteiger partial charge in [-0.25, -0.2) is 0 Å². The lowest BCUT2D eigenvalue weighted by molar-refractivity contribution is -0.134. The van der Waals surface area contributed by atoms with Gasteiger partial charge in [-0.2, -0.15) is 0 Å². The highest BCUT2D eigenvalue weighted by Crippen LogP contribution is 2.21. The molecule has 2 atom stereocenters. The standard InChI is InChI=1S/C11H22N2O2/c1-2-3-9-8-13(7-5-10(9)14)11(15)4-6-12/h9-10,14H,2-8,12H2,1H3. The van der Waals surface area contributed by atoms with Crippen LogP contribution in [0.2, 0.25) is 0 Å². The molecule has 0 aliphatic carbocycles. The van der Waals surface area contributed by atoms with Crippen molar-refractivity contribution in [3.63, 3.8) is 0 Å². The Hall–Kier alpha value is -0.610. The number of hydrogen-bond donors (Lipinski definition) is 2. The van der Waals surface area contributed by atoms with E-state index in [-0.39, 0.29) is 17.9 Å². The van der Waals surface area contributed by atoms with Crippen molar-refractivity contribution in [2.24, 2.45) is 11.7 Å². The van der Waals surface area contributed by atoms with Crippen LogP contribution in [0.4, 0.5) is 0 Å². The van der Waals surface area contributed by atoms with Gasteiger partial charge in [-0.1, -0.05) is 13.3 Å². The SMILES string of the molecule is CCCC1CN(C(=O)CCN)CCC1O. The molecule has 0 spiro atoms. The molecule has 15 heavy (non-hydrogen) atoms. The van der Waals surface area contributed by atoms with Gasteiger partial charge in [0.15, 0.2) is 0 Å². The average molecular weight is 214 g/mol. The summed E-state index contributed by atoms with van der Waals surface area (Å²) < 4.78 is 0. The molecule has 0 aromatic rings. The van der Waals surface area contributed by atoms with Gasteiger partial charge < -0.3 is 15.7 Å². The van der Waals surface area contributed by atoms with Crippen LogP contribution in [0, 0.1) is 5.92 Å². The van der Waals surface area contributed by atoms with Gasteiger partial charge in [0.2, 0.25) is 5.91 Å². The lowest BCUT2D eigenvalue weighted by Gasteiger charge is -2.36. The highest BCUT2D eigenvalue weighted by molar-refractivity contribution is 5.76. The molecule has 1 aliphatic heterocycles. The lowest BCUT2D eigenvalue weighted by atomic mass is 9.90. The number of aliphatic hydroxyl groups is 1. The van der Waals surface area contributed by atoms with Crippen LogP contribution in [-0.4, -0.2) is 41.7 Å². The van der Waals surface area contributed by atoms with Crippen LogP contribution in [0.5, 0.6) is 0 Å². The Morgan fingerprint density at radius 2 is 2.33 bits per heavy atom. The summed E-state index contributed by atoms with van der Waals surface area (Å²) in [5, 5.41) is 9.77. The number of piperidine rings is 1. The Balaban J connectivity index is 2.45. The predicted octanol–water partition coefficient (Wildman–Crippen LogP) is 0.345. The highest BCUT2D eigenvalue weighted by atomic mass is 16.3. The minimum absolute atomic E-state index is 0.130. The van der Waals surface area contributed by atoms with Crippen molar-refractivity contribution in [3.05, 3.63) is 0 Å². The molecule has 1 aliphatic rings. The van der Waals surface area contributed by atoms with Gasteiger partial charge in [0, 0.05) is 32.0 Å². The summed E-state index contributed by atoms with van der Waals surface area (Å²) in [5.41, 5.74) is 5.36. The van der Waals surface area contributed by atoms with E-state index in [9.17, 15) is 9.90 Å². The first-order valence-corrected chi connectivity index (χ1v) is 5.85. The summed E-state index contributed by atoms with van der Waals surface area (Å²) in [6, 6.07) is 0. The molecule has 0 aromatic carbocycles. The molecule has 0 saturated carbocycles. The number of carbonyl (C=O) groups is 1. The van der Waals surface area contributed by atoms with Crippen molar-refractivity contribution < 1.29 is 9.90 Å². The number of aliphatic hydroxyl groups excluding tert-OH is 1. The number of nitrogens with two attached hydrogens (primary N) is 1. The zero-order valence-electron chi connectivity index (χ0n) is 9.48. The van der Waals surface area contributed by atoms with Gasteiger partial charge in [-0.3, -0.25) is 4.79 Å². The van der Waals surface area contributed by atoms with E-state index in [0.29, 0.717) is 32.5 Å². The van der Waals surface area contributed by atoms with Crippen molar-refractivity contribution in [2.45, 2.75) is 38.7 Å². The molecule has 1 heterocycles. The predicted molar refractivity (Wildman–Crippen MR) is 59.3 cm³/mol. The number of carbonyl (C=O) groups excluding carboxylic acids is 1. The van der Waals surface area contributed by atoms with Gasteiger partial charge >= 0.3 is 0 Å². The van der Waals surface area contributed by atoms with Crippen LogP contribution in [0.25, 0.3) is 0 Å². The summed E-state index contributed by atoms with van der Waals surface area (Å²) in [6.07, 6.45) is 2.95. The number of rotatable bonds is 4. The van der Waals surface area contributed by atoms with Crippen molar-refractivity contribution >= 4 is 5.91 Å². The number of hydrogen-bond acceptors (Lipinski definition) is 3. The van der Waals surface area contributed by atoms with Gasteiger partial charge in [-0.05, 0) is 12.8 Å². The monoisotopic (exact) mass is 214 g/mol. The maximum Gasteiger partial charge on any atom is 0.223 e. The first kappa shape index (κ1) is 12.5. The van der Waals surface area contributed by atoms with E-state index in [4.69, 9.17) is 5.73 Å². The number of nitrogens with zero attached hydrogens (tertiary/aromatic N) is 1. The smallest absolute Gasteiger partial charge is 0.223 e. The molecule has 0 radical (unpaired) electrons. The normalized spacial score (nSPS) is 26.7. The molecule has 0 aromatic heterocycles. The van der Waals surface area contributed by atoms with Crippen LogP contribution >= 0.6 is 0 Å². The van der Waals surface area contributed by atoms with Crippen LogP contribution < -0.4 is 5.73 Å². The zero-order valence-corrected chi connectivity index (χ0v) is 9.48. The fraction of sp³-hybridized carbons (Fsp3) is 0.909. The molecule has 1 rings (SSSR count). The summed E-state index contributed by atoms with van der Waals surface area (Å²) in [7, 11) is 0. The molecule has 4 nitrogen and oxygen atoms in total. The molecule has 1 fully saturated rings. The summed E-state index contributed by atoms with van der Waals surface area (Å²) in [5.74, 6) is 0.385. The summed E-state index contributed by atoms with van der Waals surface area (Å²) in [4.78, 5) is 13.5. The van der Waals surface area contributed by atoms with Gasteiger partial charge in [0.25, 0.3) is 0 Å². The number of likely N-dealkylation sites (tertiary alicyclic amines) is 1. The third kappa shape index (κ3) is 3.47. The van der Waals surface area contributed by atoms with E-state index in [1.165, 1.54) is 0 Å². The molecule has 3 N–H and O–H groups in total.